The number of carbonyl (C=O) groups excluding carboxylic acids is 1. The van der Waals surface area contributed by atoms with Crippen LogP contribution in [0.5, 0.6) is 5.75 Å². The summed E-state index contributed by atoms with van der Waals surface area (Å²) >= 11 is 0. The van der Waals surface area contributed by atoms with E-state index in [0.717, 1.165) is 22.7 Å². The molecular formula is C34H31F4N5O5S. The Bertz CT molecular complexity index is 2140. The third-order valence-corrected chi connectivity index (χ3v) is 8.69. The topological polar surface area (TPSA) is 117 Å². The highest BCUT2D eigenvalue weighted by Gasteiger charge is 2.32. The summed E-state index contributed by atoms with van der Waals surface area (Å²) in [5.41, 5.74) is 2.43. The lowest BCUT2D eigenvalue weighted by Gasteiger charge is -2.22. The molecule has 5 rings (SSSR count). The molecule has 0 unspecified atom stereocenters. The van der Waals surface area contributed by atoms with E-state index in [2.05, 4.69) is 15.0 Å². The molecule has 0 saturated heterocycles. The number of furan rings is 1. The van der Waals surface area contributed by atoms with Crippen LogP contribution in [0.2, 0.25) is 0 Å². The number of halogens is 4. The number of amides is 1. The number of nitrogens with one attached hydrogen (secondary N) is 1. The first-order valence-corrected chi connectivity index (χ1v) is 16.7. The monoisotopic (exact) mass is 697 g/mol. The second-order valence-corrected chi connectivity index (χ2v) is 12.8. The van der Waals surface area contributed by atoms with Crippen LogP contribution < -0.4 is 19.3 Å². The molecule has 1 aliphatic rings. The van der Waals surface area contributed by atoms with Gasteiger partial charge in [-0.05, 0) is 67.9 Å². The minimum atomic E-state index is -4.86. The number of nitrogens with zero attached hydrogens (tertiary/aromatic N) is 4. The van der Waals surface area contributed by atoms with E-state index in [1.165, 1.54) is 62.9 Å². The van der Waals surface area contributed by atoms with Crippen LogP contribution >= 0.6 is 0 Å². The highest BCUT2D eigenvalue weighted by atomic mass is 32.2. The number of allylic oxidation sites excluding steroid dienone is 2. The Morgan fingerprint density at radius 1 is 1.12 bits per heavy atom. The fraction of sp³-hybridized carbons (Fsp3) is 0.206. The summed E-state index contributed by atoms with van der Waals surface area (Å²) in [6.45, 7) is 3.60. The molecule has 1 aromatic heterocycles. The van der Waals surface area contributed by atoms with Crippen molar-refractivity contribution < 1.29 is 39.9 Å². The Labute approximate surface area is 279 Å². The largest absolute Gasteiger partial charge is 0.573 e. The van der Waals surface area contributed by atoms with Gasteiger partial charge >= 0.3 is 6.36 Å². The van der Waals surface area contributed by atoms with Crippen LogP contribution in [-0.4, -0.2) is 53.2 Å². The second kappa shape index (κ2) is 13.6. The maximum atomic E-state index is 13.8. The molecule has 1 N–H and O–H groups in total. The standard InChI is InChI=1S/C34H31F4N5O5S/c1-6-8-27(41-32-26(7-2)40-19-43(32)22-13-15-23(16-14-22)48-34(36,37)38)24-17-25-29(18-28(24)42(4)49(5,45)46)47-31(30(25)33(44)39-3)20-9-11-21(35)12-10-20/h7-19H,6H2,1-5H3,(H,39,44)/b26-7+,27-8+,41-32-. The van der Waals surface area contributed by atoms with Crippen LogP contribution in [0, 0.1) is 5.82 Å². The van der Waals surface area contributed by atoms with Crippen molar-refractivity contribution in [2.24, 2.45) is 9.98 Å². The van der Waals surface area contributed by atoms with Crippen LogP contribution in [0.15, 0.2) is 92.9 Å². The molecule has 256 valence electrons. The smallest absolute Gasteiger partial charge is 0.455 e. The SMILES string of the molecule is C/C=C1/N=CN(c2ccc(OC(F)(F)F)cc2)/C1=N\C(=C\CC)c1cc2c(C(=O)NC)c(-c3ccc(F)cc3)oc2cc1N(C)S(C)(=O)=O. The van der Waals surface area contributed by atoms with Gasteiger partial charge in [0.2, 0.25) is 10.0 Å². The lowest BCUT2D eigenvalue weighted by atomic mass is 10.0. The normalized spacial score (nSPS) is 15.4. The zero-order valence-electron chi connectivity index (χ0n) is 27.0. The van der Waals surface area contributed by atoms with E-state index in [4.69, 9.17) is 9.41 Å². The minimum absolute atomic E-state index is 0.142. The number of anilines is 2. The number of fused-ring (bicyclic) bond motifs is 1. The van der Waals surface area contributed by atoms with E-state index in [9.17, 15) is 30.8 Å². The maximum Gasteiger partial charge on any atom is 0.573 e. The van der Waals surface area contributed by atoms with E-state index >= 15 is 0 Å². The maximum absolute atomic E-state index is 13.8. The Morgan fingerprint density at radius 2 is 1.80 bits per heavy atom. The van der Waals surface area contributed by atoms with Crippen molar-refractivity contribution in [3.63, 3.8) is 0 Å². The molecule has 1 aliphatic heterocycles. The van der Waals surface area contributed by atoms with Gasteiger partial charge in [-0.3, -0.25) is 14.0 Å². The van der Waals surface area contributed by atoms with E-state index in [-0.39, 0.29) is 22.6 Å². The molecule has 2 heterocycles. The van der Waals surface area contributed by atoms with Gasteiger partial charge in [-0.1, -0.05) is 19.1 Å². The minimum Gasteiger partial charge on any atom is -0.455 e. The molecule has 0 fully saturated rings. The molecule has 0 saturated carbocycles. The summed E-state index contributed by atoms with van der Waals surface area (Å²) in [6, 6.07) is 13.6. The number of rotatable bonds is 9. The summed E-state index contributed by atoms with van der Waals surface area (Å²) in [7, 11) is -1.02. The number of alkyl halides is 3. The quantitative estimate of drug-likeness (QED) is 0.181. The number of sulfonamides is 1. The fourth-order valence-corrected chi connectivity index (χ4v) is 5.63. The van der Waals surface area contributed by atoms with Gasteiger partial charge in [-0.25, -0.2) is 22.8 Å². The molecule has 1 amide bonds. The second-order valence-electron chi connectivity index (χ2n) is 10.8. The van der Waals surface area contributed by atoms with Crippen molar-refractivity contribution >= 4 is 56.1 Å². The van der Waals surface area contributed by atoms with Crippen molar-refractivity contribution in [1.82, 2.24) is 5.32 Å². The number of benzene rings is 3. The molecular weight excluding hydrogens is 666 g/mol. The van der Waals surface area contributed by atoms with Gasteiger partial charge in [0.1, 0.15) is 34.9 Å². The van der Waals surface area contributed by atoms with E-state index < -0.39 is 33.9 Å². The van der Waals surface area contributed by atoms with Crippen molar-refractivity contribution in [1.29, 1.82) is 0 Å². The summed E-state index contributed by atoms with van der Waals surface area (Å²) in [6.07, 6.45) is 1.55. The van der Waals surface area contributed by atoms with E-state index in [1.54, 1.807) is 30.0 Å². The molecule has 0 aliphatic carbocycles. The van der Waals surface area contributed by atoms with Gasteiger partial charge in [-0.2, -0.15) is 0 Å². The van der Waals surface area contributed by atoms with Crippen molar-refractivity contribution in [2.75, 3.05) is 29.6 Å². The van der Waals surface area contributed by atoms with E-state index in [1.807, 2.05) is 6.92 Å². The average molecular weight is 698 g/mol. The first-order valence-electron chi connectivity index (χ1n) is 14.8. The summed E-state index contributed by atoms with van der Waals surface area (Å²) in [4.78, 5) is 24.2. The highest BCUT2D eigenvalue weighted by Crippen LogP contribution is 2.41. The molecule has 0 spiro atoms. The summed E-state index contributed by atoms with van der Waals surface area (Å²) < 4.78 is 89.1. The van der Waals surface area contributed by atoms with Crippen molar-refractivity contribution in [3.05, 3.63) is 95.5 Å². The van der Waals surface area contributed by atoms with Gasteiger partial charge in [-0.15, -0.1) is 13.2 Å². The molecule has 3 aromatic carbocycles. The lowest BCUT2D eigenvalue weighted by molar-refractivity contribution is -0.274. The number of aliphatic imine (C=N–C) groups is 2. The van der Waals surface area contributed by atoms with Crippen LogP contribution in [0.25, 0.3) is 28.0 Å². The Hall–Kier alpha value is -5.44. The van der Waals surface area contributed by atoms with Crippen LogP contribution in [0.3, 0.4) is 0 Å². The van der Waals surface area contributed by atoms with Crippen LogP contribution in [0.1, 0.15) is 36.2 Å². The van der Waals surface area contributed by atoms with Crippen LogP contribution in [-0.2, 0) is 10.0 Å². The number of hydrogen-bond donors (Lipinski definition) is 1. The molecule has 10 nitrogen and oxygen atoms in total. The van der Waals surface area contributed by atoms with Gasteiger partial charge in [0.25, 0.3) is 5.91 Å². The first kappa shape index (κ1) is 34.9. The predicted molar refractivity (Wildman–Crippen MR) is 182 cm³/mol. The molecule has 0 atom stereocenters. The summed E-state index contributed by atoms with van der Waals surface area (Å²) in [5, 5.41) is 2.95. The van der Waals surface area contributed by atoms with Gasteiger partial charge in [0, 0.05) is 42.4 Å². The Morgan fingerprint density at radius 3 is 2.37 bits per heavy atom. The molecule has 15 heteroatoms. The lowest BCUT2D eigenvalue weighted by Crippen LogP contribution is -2.27. The van der Waals surface area contributed by atoms with Crippen LogP contribution in [0.4, 0.5) is 28.9 Å². The molecule has 0 radical (unpaired) electrons. The van der Waals surface area contributed by atoms with E-state index in [0.29, 0.717) is 45.9 Å². The molecule has 4 aromatic rings. The molecule has 0 bridgehead atoms. The van der Waals surface area contributed by atoms with Crippen molar-refractivity contribution in [3.8, 4) is 17.1 Å². The Kier molecular flexibility index (Phi) is 9.67. The molecule has 49 heavy (non-hydrogen) atoms. The number of carbonyl (C=O) groups is 1. The number of amidine groups is 1. The average Bonchev–Trinajstić information content (AvgIpc) is 3.63. The Balaban J connectivity index is 1.74. The third kappa shape index (κ3) is 7.36. The third-order valence-electron chi connectivity index (χ3n) is 7.49. The first-order chi connectivity index (χ1) is 23.1. The van der Waals surface area contributed by atoms with Gasteiger partial charge < -0.3 is 14.5 Å². The van der Waals surface area contributed by atoms with Gasteiger partial charge in [0.05, 0.1) is 23.2 Å². The number of hydrogen-bond acceptors (Lipinski definition) is 7. The fourth-order valence-electron chi connectivity index (χ4n) is 5.12. The van der Waals surface area contributed by atoms with Crippen molar-refractivity contribution in [2.45, 2.75) is 26.6 Å². The number of ether oxygens (including phenoxy) is 1. The summed E-state index contributed by atoms with van der Waals surface area (Å²) in [5.74, 6) is -0.936. The zero-order valence-corrected chi connectivity index (χ0v) is 27.8. The highest BCUT2D eigenvalue weighted by molar-refractivity contribution is 7.92. The predicted octanol–water partition coefficient (Wildman–Crippen LogP) is 7.49. The zero-order chi connectivity index (χ0) is 35.7. The van der Waals surface area contributed by atoms with Gasteiger partial charge in [0.15, 0.2) is 5.84 Å².